The summed E-state index contributed by atoms with van der Waals surface area (Å²) in [5.74, 6) is 1.81. The van der Waals surface area contributed by atoms with E-state index in [-0.39, 0.29) is 0 Å². The van der Waals surface area contributed by atoms with Crippen LogP contribution >= 0.6 is 11.8 Å². The second kappa shape index (κ2) is 7.25. The van der Waals surface area contributed by atoms with Crippen LogP contribution in [0.3, 0.4) is 0 Å². The Balaban J connectivity index is 1.42. The van der Waals surface area contributed by atoms with E-state index in [4.69, 9.17) is 9.68 Å². The number of hydrogen-bond donors (Lipinski definition) is 0. The van der Waals surface area contributed by atoms with Gasteiger partial charge in [-0.25, -0.2) is 14.6 Å². The SMILES string of the molecule is N#Cc1ccc(-c2cnc(CSc3ncn(-c4ccccc4)n3)o2)cc1. The van der Waals surface area contributed by atoms with Crippen LogP contribution in [0.1, 0.15) is 11.5 Å². The zero-order valence-electron chi connectivity index (χ0n) is 13.6. The Bertz CT molecular complexity index is 1050. The van der Waals surface area contributed by atoms with E-state index < -0.39 is 0 Å². The molecule has 6 nitrogen and oxygen atoms in total. The van der Waals surface area contributed by atoms with Crippen LogP contribution in [0.4, 0.5) is 0 Å². The summed E-state index contributed by atoms with van der Waals surface area (Å²) in [5, 5.41) is 14.0. The topological polar surface area (TPSA) is 80.5 Å². The zero-order chi connectivity index (χ0) is 17.8. The first-order valence-electron chi connectivity index (χ1n) is 7.87. The molecule has 4 rings (SSSR count). The molecule has 0 aliphatic heterocycles. The van der Waals surface area contributed by atoms with Gasteiger partial charge in [0.05, 0.1) is 29.3 Å². The van der Waals surface area contributed by atoms with Gasteiger partial charge in [0.25, 0.3) is 0 Å². The minimum absolute atomic E-state index is 0.537. The van der Waals surface area contributed by atoms with E-state index in [1.54, 1.807) is 29.3 Å². The molecule has 126 valence electrons. The van der Waals surface area contributed by atoms with Gasteiger partial charge in [0, 0.05) is 5.56 Å². The molecule has 0 fully saturated rings. The second-order valence-corrected chi connectivity index (χ2v) is 6.35. The molecule has 0 saturated heterocycles. The molecule has 0 N–H and O–H groups in total. The molecule has 26 heavy (non-hydrogen) atoms. The predicted molar refractivity (Wildman–Crippen MR) is 97.6 cm³/mol. The van der Waals surface area contributed by atoms with Gasteiger partial charge in [-0.15, -0.1) is 5.10 Å². The lowest BCUT2D eigenvalue weighted by Crippen LogP contribution is -1.93. The number of oxazole rings is 1. The molecule has 0 radical (unpaired) electrons. The number of nitriles is 1. The third-order valence-electron chi connectivity index (χ3n) is 3.67. The molecule has 0 spiro atoms. The Morgan fingerprint density at radius 2 is 1.85 bits per heavy atom. The van der Waals surface area contributed by atoms with Crippen molar-refractivity contribution in [3.63, 3.8) is 0 Å². The van der Waals surface area contributed by atoms with Crippen LogP contribution in [0.2, 0.25) is 0 Å². The summed E-state index contributed by atoms with van der Waals surface area (Å²) in [7, 11) is 0. The summed E-state index contributed by atoms with van der Waals surface area (Å²) in [5.41, 5.74) is 2.47. The van der Waals surface area contributed by atoms with Gasteiger partial charge in [0.15, 0.2) is 5.76 Å². The Morgan fingerprint density at radius 1 is 1.04 bits per heavy atom. The van der Waals surface area contributed by atoms with Crippen LogP contribution in [-0.2, 0) is 5.75 Å². The molecule has 0 unspecified atom stereocenters. The fourth-order valence-electron chi connectivity index (χ4n) is 2.36. The zero-order valence-corrected chi connectivity index (χ0v) is 14.4. The van der Waals surface area contributed by atoms with Crippen LogP contribution in [0.25, 0.3) is 17.0 Å². The highest BCUT2D eigenvalue weighted by Gasteiger charge is 2.09. The maximum absolute atomic E-state index is 8.85. The van der Waals surface area contributed by atoms with Crippen LogP contribution in [0, 0.1) is 11.3 Å². The minimum atomic E-state index is 0.537. The molecule has 0 aliphatic carbocycles. The van der Waals surface area contributed by atoms with Crippen molar-refractivity contribution in [2.75, 3.05) is 0 Å². The highest BCUT2D eigenvalue weighted by atomic mass is 32.2. The molecule has 0 aliphatic rings. The lowest BCUT2D eigenvalue weighted by molar-refractivity contribution is 0.530. The van der Waals surface area contributed by atoms with Gasteiger partial charge in [0.1, 0.15) is 6.33 Å². The van der Waals surface area contributed by atoms with Crippen LogP contribution in [-0.4, -0.2) is 19.7 Å². The number of aromatic nitrogens is 4. The second-order valence-electron chi connectivity index (χ2n) is 5.40. The summed E-state index contributed by atoms with van der Waals surface area (Å²) in [6.45, 7) is 0. The first-order chi connectivity index (χ1) is 12.8. The van der Waals surface area contributed by atoms with Gasteiger partial charge in [-0.3, -0.25) is 0 Å². The quantitative estimate of drug-likeness (QED) is 0.499. The number of benzene rings is 2. The first-order valence-corrected chi connectivity index (χ1v) is 8.85. The van der Waals surface area contributed by atoms with E-state index in [1.165, 1.54) is 11.8 Å². The van der Waals surface area contributed by atoms with Crippen molar-refractivity contribution >= 4 is 11.8 Å². The van der Waals surface area contributed by atoms with Crippen molar-refractivity contribution in [2.24, 2.45) is 0 Å². The maximum Gasteiger partial charge on any atom is 0.209 e. The highest BCUT2D eigenvalue weighted by Crippen LogP contribution is 2.24. The van der Waals surface area contributed by atoms with E-state index >= 15 is 0 Å². The van der Waals surface area contributed by atoms with E-state index in [9.17, 15) is 0 Å². The predicted octanol–water partition coefficient (Wildman–Crippen LogP) is 4.09. The molecule has 0 amide bonds. The number of para-hydroxylation sites is 1. The Morgan fingerprint density at radius 3 is 2.62 bits per heavy atom. The monoisotopic (exact) mass is 359 g/mol. The molecule has 0 bridgehead atoms. The molecule has 2 aromatic heterocycles. The maximum atomic E-state index is 8.85. The van der Waals surface area contributed by atoms with Crippen molar-refractivity contribution in [3.05, 3.63) is 78.6 Å². The molecule has 7 heteroatoms. The molecule has 4 aromatic rings. The van der Waals surface area contributed by atoms with Gasteiger partial charge in [-0.1, -0.05) is 30.0 Å². The molecule has 0 saturated carbocycles. The fourth-order valence-corrected chi connectivity index (χ4v) is 3.02. The third kappa shape index (κ3) is 3.50. The number of hydrogen-bond acceptors (Lipinski definition) is 6. The smallest absolute Gasteiger partial charge is 0.209 e. The Kier molecular flexibility index (Phi) is 4.50. The van der Waals surface area contributed by atoms with Gasteiger partial charge in [-0.2, -0.15) is 5.26 Å². The van der Waals surface area contributed by atoms with Gasteiger partial charge >= 0.3 is 0 Å². The summed E-state index contributed by atoms with van der Waals surface area (Å²) in [6.07, 6.45) is 3.38. The van der Waals surface area contributed by atoms with E-state index in [0.29, 0.717) is 28.1 Å². The molecule has 0 atom stereocenters. The fraction of sp³-hybridized carbons (Fsp3) is 0.0526. The van der Waals surface area contributed by atoms with E-state index in [0.717, 1.165) is 11.3 Å². The standard InChI is InChI=1S/C19H13N5OS/c20-10-14-6-8-15(9-7-14)17-11-21-18(25-17)12-26-19-22-13-24(23-19)16-4-2-1-3-5-16/h1-9,11,13H,12H2. The lowest BCUT2D eigenvalue weighted by atomic mass is 10.1. The van der Waals surface area contributed by atoms with Crippen molar-refractivity contribution in [2.45, 2.75) is 10.9 Å². The summed E-state index contributed by atoms with van der Waals surface area (Å²) < 4.78 is 7.52. The van der Waals surface area contributed by atoms with Gasteiger partial charge in [-0.05, 0) is 36.4 Å². The first kappa shape index (κ1) is 16.1. The van der Waals surface area contributed by atoms with Gasteiger partial charge < -0.3 is 4.42 Å². The average molecular weight is 359 g/mol. The van der Waals surface area contributed by atoms with E-state index in [2.05, 4.69) is 21.1 Å². The van der Waals surface area contributed by atoms with Crippen LogP contribution < -0.4 is 0 Å². The number of rotatable bonds is 5. The molecular formula is C19H13N5OS. The van der Waals surface area contributed by atoms with Crippen molar-refractivity contribution in [3.8, 4) is 23.1 Å². The van der Waals surface area contributed by atoms with Gasteiger partial charge in [0.2, 0.25) is 11.0 Å². The molecule has 2 aromatic carbocycles. The van der Waals surface area contributed by atoms with Crippen molar-refractivity contribution < 1.29 is 4.42 Å². The van der Waals surface area contributed by atoms with Crippen molar-refractivity contribution in [1.82, 2.24) is 19.7 Å². The summed E-state index contributed by atoms with van der Waals surface area (Å²) in [6, 6.07) is 19.1. The van der Waals surface area contributed by atoms with Crippen LogP contribution in [0.15, 0.2) is 76.7 Å². The van der Waals surface area contributed by atoms with Crippen LogP contribution in [0.5, 0.6) is 0 Å². The third-order valence-corrected chi connectivity index (χ3v) is 4.50. The van der Waals surface area contributed by atoms with Crippen molar-refractivity contribution in [1.29, 1.82) is 5.26 Å². The number of nitrogens with zero attached hydrogens (tertiary/aromatic N) is 5. The Hall–Kier alpha value is -3.37. The molecular weight excluding hydrogens is 346 g/mol. The Labute approximate surface area is 154 Å². The minimum Gasteiger partial charge on any atom is -0.440 e. The highest BCUT2D eigenvalue weighted by molar-refractivity contribution is 7.98. The molecule has 2 heterocycles. The number of thioether (sulfide) groups is 1. The lowest BCUT2D eigenvalue weighted by Gasteiger charge is -1.98. The largest absolute Gasteiger partial charge is 0.440 e. The van der Waals surface area contributed by atoms with E-state index in [1.807, 2.05) is 42.5 Å². The average Bonchev–Trinajstić information content (AvgIpc) is 3.37. The summed E-state index contributed by atoms with van der Waals surface area (Å²) >= 11 is 1.46. The summed E-state index contributed by atoms with van der Waals surface area (Å²) in [4.78, 5) is 8.61. The normalized spacial score (nSPS) is 10.6.